The van der Waals surface area contributed by atoms with Crippen LogP contribution in [-0.2, 0) is 0 Å². The van der Waals surface area contributed by atoms with Crippen molar-refractivity contribution < 1.29 is 13.5 Å². The Morgan fingerprint density at radius 2 is 1.93 bits per heavy atom. The number of anilines is 1. The van der Waals surface area contributed by atoms with Crippen molar-refractivity contribution in [3.63, 3.8) is 0 Å². The van der Waals surface area contributed by atoms with Gasteiger partial charge in [-0.05, 0) is 13.0 Å². The van der Waals surface area contributed by atoms with Gasteiger partial charge in [-0.3, -0.25) is 0 Å². The molecule has 14 heavy (non-hydrogen) atoms. The number of halogens is 2. The van der Waals surface area contributed by atoms with Crippen LogP contribution in [0.2, 0.25) is 0 Å². The Balaban J connectivity index is 0.000000791. The molecule has 0 fully saturated rings. The lowest BCUT2D eigenvalue weighted by Gasteiger charge is -2.04. The average Bonchev–Trinajstić information content (AvgIpc) is 2.14. The molecule has 0 amide bonds. The van der Waals surface area contributed by atoms with Gasteiger partial charge in [0.2, 0.25) is 5.88 Å². The third kappa shape index (κ3) is 4.02. The molecule has 0 aromatic carbocycles. The summed E-state index contributed by atoms with van der Waals surface area (Å²) in [5, 5.41) is 0. The second kappa shape index (κ2) is 6.12. The molecule has 0 aliphatic rings. The first-order chi connectivity index (χ1) is 6.59. The van der Waals surface area contributed by atoms with Crippen LogP contribution in [0.3, 0.4) is 0 Å². The Bertz CT molecular complexity index is 280. The van der Waals surface area contributed by atoms with Crippen molar-refractivity contribution in [1.82, 2.24) is 4.98 Å². The maximum absolute atomic E-state index is 11.7. The quantitative estimate of drug-likeness (QED) is 0.805. The first-order valence-corrected chi connectivity index (χ1v) is 4.27. The van der Waals surface area contributed by atoms with Crippen LogP contribution in [0.4, 0.5) is 14.5 Å². The number of alkyl halides is 2. The molecule has 1 rings (SSSR count). The lowest BCUT2D eigenvalue weighted by molar-refractivity contribution is -0.0529. The molecular weight excluding hydrogens is 190 g/mol. The largest absolute Gasteiger partial charge is 0.417 e. The molecule has 0 aliphatic heterocycles. The van der Waals surface area contributed by atoms with Crippen molar-refractivity contribution >= 4 is 5.69 Å². The molecule has 0 atom stereocenters. The first-order valence-electron chi connectivity index (χ1n) is 4.27. The van der Waals surface area contributed by atoms with Crippen LogP contribution in [0.25, 0.3) is 0 Å². The molecule has 0 radical (unpaired) electrons. The molecule has 80 valence electrons. The van der Waals surface area contributed by atoms with Crippen LogP contribution in [0, 0.1) is 6.92 Å². The van der Waals surface area contributed by atoms with Gasteiger partial charge in [0.15, 0.2) is 0 Å². The number of nitrogen functional groups attached to an aromatic ring is 1. The van der Waals surface area contributed by atoms with Gasteiger partial charge in [-0.15, -0.1) is 0 Å². The minimum atomic E-state index is -2.85. The lowest BCUT2D eigenvalue weighted by atomic mass is 10.3. The van der Waals surface area contributed by atoms with E-state index in [0.717, 1.165) is 0 Å². The second-order valence-corrected chi connectivity index (χ2v) is 2.20. The highest BCUT2D eigenvalue weighted by Gasteiger charge is 2.05. The molecular formula is C9H14F2N2O. The highest BCUT2D eigenvalue weighted by Crippen LogP contribution is 2.15. The van der Waals surface area contributed by atoms with E-state index >= 15 is 0 Å². The molecule has 0 bridgehead atoms. The lowest BCUT2D eigenvalue weighted by Crippen LogP contribution is -2.04. The monoisotopic (exact) mass is 204 g/mol. The summed E-state index contributed by atoms with van der Waals surface area (Å²) in [7, 11) is 0. The number of aromatic nitrogens is 1. The summed E-state index contributed by atoms with van der Waals surface area (Å²) in [6.45, 7) is 2.77. The first kappa shape index (κ1) is 12.6. The number of hydrogen-bond acceptors (Lipinski definition) is 3. The molecule has 3 nitrogen and oxygen atoms in total. The Kier molecular flexibility index (Phi) is 5.52. The SMILES string of the molecule is CC.Cc1nc(OC(F)F)ccc1N. The van der Waals surface area contributed by atoms with Crippen molar-refractivity contribution in [2.75, 3.05) is 5.73 Å². The van der Waals surface area contributed by atoms with Gasteiger partial charge in [0.1, 0.15) is 0 Å². The van der Waals surface area contributed by atoms with Gasteiger partial charge >= 0.3 is 6.61 Å². The van der Waals surface area contributed by atoms with Gasteiger partial charge < -0.3 is 10.5 Å². The molecule has 1 heterocycles. The summed E-state index contributed by atoms with van der Waals surface area (Å²) in [4.78, 5) is 3.69. The standard InChI is InChI=1S/C7H8F2N2O.C2H6/c1-4-5(10)2-3-6(11-4)12-7(8)9;1-2/h2-3,7H,10H2,1H3;1-2H3. The van der Waals surface area contributed by atoms with Gasteiger partial charge in [-0.25, -0.2) is 4.98 Å². The Morgan fingerprint density at radius 1 is 1.36 bits per heavy atom. The van der Waals surface area contributed by atoms with Crippen molar-refractivity contribution in [2.24, 2.45) is 0 Å². The van der Waals surface area contributed by atoms with Crippen molar-refractivity contribution in [3.05, 3.63) is 17.8 Å². The van der Waals surface area contributed by atoms with E-state index in [1.54, 1.807) is 6.92 Å². The summed E-state index contributed by atoms with van der Waals surface area (Å²) < 4.78 is 27.4. The molecule has 0 aliphatic carbocycles. The maximum atomic E-state index is 11.7. The van der Waals surface area contributed by atoms with Gasteiger partial charge in [0.25, 0.3) is 0 Å². The summed E-state index contributed by atoms with van der Waals surface area (Å²) in [5.74, 6) is -0.114. The van der Waals surface area contributed by atoms with Crippen LogP contribution >= 0.6 is 0 Å². The normalized spacial score (nSPS) is 9.29. The Morgan fingerprint density at radius 3 is 2.36 bits per heavy atom. The number of nitrogens with zero attached hydrogens (tertiary/aromatic N) is 1. The molecule has 1 aromatic rings. The number of aryl methyl sites for hydroxylation is 1. The fourth-order valence-electron chi connectivity index (χ4n) is 0.706. The number of pyridine rings is 1. The number of nitrogens with two attached hydrogens (primary N) is 1. The summed E-state index contributed by atoms with van der Waals surface area (Å²) in [5.41, 5.74) is 6.35. The van der Waals surface area contributed by atoms with Crippen molar-refractivity contribution in [1.29, 1.82) is 0 Å². The topological polar surface area (TPSA) is 48.1 Å². The highest BCUT2D eigenvalue weighted by atomic mass is 19.3. The number of rotatable bonds is 2. The molecule has 0 spiro atoms. The predicted molar refractivity (Wildman–Crippen MR) is 51.4 cm³/mol. The van der Waals surface area contributed by atoms with E-state index in [2.05, 4.69) is 9.72 Å². The zero-order valence-electron chi connectivity index (χ0n) is 8.42. The average molecular weight is 204 g/mol. The minimum Gasteiger partial charge on any atom is -0.417 e. The van der Waals surface area contributed by atoms with E-state index in [4.69, 9.17) is 5.73 Å². The van der Waals surface area contributed by atoms with Crippen LogP contribution in [0.1, 0.15) is 19.5 Å². The Labute approximate surface area is 81.9 Å². The highest BCUT2D eigenvalue weighted by molar-refractivity contribution is 5.43. The van der Waals surface area contributed by atoms with E-state index in [9.17, 15) is 8.78 Å². The molecule has 2 N–H and O–H groups in total. The van der Waals surface area contributed by atoms with Crippen LogP contribution in [-0.4, -0.2) is 11.6 Å². The zero-order valence-corrected chi connectivity index (χ0v) is 8.42. The van der Waals surface area contributed by atoms with Crippen LogP contribution in [0.5, 0.6) is 5.88 Å². The second-order valence-electron chi connectivity index (χ2n) is 2.20. The minimum absolute atomic E-state index is 0.114. The number of ether oxygens (including phenoxy) is 1. The van der Waals surface area contributed by atoms with Crippen molar-refractivity contribution in [3.8, 4) is 5.88 Å². The summed E-state index contributed by atoms with van der Waals surface area (Å²) >= 11 is 0. The van der Waals surface area contributed by atoms with Gasteiger partial charge in [-0.2, -0.15) is 8.78 Å². The van der Waals surface area contributed by atoms with E-state index in [0.29, 0.717) is 11.4 Å². The third-order valence-corrected chi connectivity index (χ3v) is 1.31. The van der Waals surface area contributed by atoms with Crippen LogP contribution < -0.4 is 10.5 Å². The maximum Gasteiger partial charge on any atom is 0.388 e. The van der Waals surface area contributed by atoms with E-state index in [-0.39, 0.29) is 5.88 Å². The number of hydrogen-bond donors (Lipinski definition) is 1. The molecule has 1 aromatic heterocycles. The molecule has 0 unspecified atom stereocenters. The molecule has 0 saturated carbocycles. The van der Waals surface area contributed by atoms with Crippen molar-refractivity contribution in [2.45, 2.75) is 27.4 Å². The fourth-order valence-corrected chi connectivity index (χ4v) is 0.706. The summed E-state index contributed by atoms with van der Waals surface area (Å²) in [6, 6.07) is 2.77. The smallest absolute Gasteiger partial charge is 0.388 e. The fraction of sp³-hybridized carbons (Fsp3) is 0.444. The van der Waals surface area contributed by atoms with Gasteiger partial charge in [-0.1, -0.05) is 13.8 Å². The molecule has 5 heteroatoms. The Hall–Kier alpha value is -1.39. The third-order valence-electron chi connectivity index (χ3n) is 1.31. The van der Waals surface area contributed by atoms with Gasteiger partial charge in [0.05, 0.1) is 11.4 Å². The van der Waals surface area contributed by atoms with E-state index in [1.165, 1.54) is 12.1 Å². The van der Waals surface area contributed by atoms with E-state index in [1.807, 2.05) is 13.8 Å². The van der Waals surface area contributed by atoms with Gasteiger partial charge in [0, 0.05) is 6.07 Å². The zero-order chi connectivity index (χ0) is 11.1. The van der Waals surface area contributed by atoms with Crippen LogP contribution in [0.15, 0.2) is 12.1 Å². The predicted octanol–water partition coefficient (Wildman–Crippen LogP) is 2.60. The van der Waals surface area contributed by atoms with E-state index < -0.39 is 6.61 Å². The molecule has 0 saturated heterocycles. The summed E-state index contributed by atoms with van der Waals surface area (Å²) in [6.07, 6.45) is 0.